The van der Waals surface area contributed by atoms with Crippen molar-refractivity contribution in [1.82, 2.24) is 10.2 Å². The second-order valence-electron chi connectivity index (χ2n) is 8.30. The standard InChI is InChI=1S/C25H31ClN2O3/c1-17-8-6-13-23(18(17)2)31-16-24(29)28(15-20-9-7-10-21(26)14-20)19(3)25(30)27-22-11-4-5-12-22/h6-10,13-14,19,22H,4-5,11-12,15-16H2,1-3H3,(H,27,30)/t19-/m1/s1. The number of hydrogen-bond acceptors (Lipinski definition) is 3. The van der Waals surface area contributed by atoms with Gasteiger partial charge in [-0.2, -0.15) is 0 Å². The Bertz CT molecular complexity index is 925. The van der Waals surface area contributed by atoms with Gasteiger partial charge in [-0.25, -0.2) is 0 Å². The van der Waals surface area contributed by atoms with E-state index in [4.69, 9.17) is 16.3 Å². The van der Waals surface area contributed by atoms with Crippen LogP contribution in [0.3, 0.4) is 0 Å². The monoisotopic (exact) mass is 442 g/mol. The maximum absolute atomic E-state index is 13.2. The van der Waals surface area contributed by atoms with Gasteiger partial charge in [0, 0.05) is 17.6 Å². The lowest BCUT2D eigenvalue weighted by Gasteiger charge is -2.30. The van der Waals surface area contributed by atoms with Crippen molar-refractivity contribution in [3.05, 3.63) is 64.2 Å². The number of ether oxygens (including phenoxy) is 1. The Balaban J connectivity index is 1.74. The molecule has 0 spiro atoms. The fourth-order valence-electron chi connectivity index (χ4n) is 3.91. The molecule has 31 heavy (non-hydrogen) atoms. The third-order valence-corrected chi connectivity index (χ3v) is 6.25. The molecule has 3 rings (SSSR count). The minimum atomic E-state index is -0.616. The molecule has 2 aromatic carbocycles. The lowest BCUT2D eigenvalue weighted by atomic mass is 10.1. The van der Waals surface area contributed by atoms with Crippen LogP contribution >= 0.6 is 11.6 Å². The van der Waals surface area contributed by atoms with E-state index in [0.717, 1.165) is 42.4 Å². The highest BCUT2D eigenvalue weighted by Crippen LogP contribution is 2.22. The van der Waals surface area contributed by atoms with E-state index in [9.17, 15) is 9.59 Å². The van der Waals surface area contributed by atoms with Crippen molar-refractivity contribution < 1.29 is 14.3 Å². The molecule has 1 atom stereocenters. The van der Waals surface area contributed by atoms with Crippen molar-refractivity contribution in [3.8, 4) is 5.75 Å². The first-order chi connectivity index (χ1) is 14.8. The minimum absolute atomic E-state index is 0.131. The smallest absolute Gasteiger partial charge is 0.261 e. The molecule has 1 aliphatic carbocycles. The van der Waals surface area contributed by atoms with E-state index in [1.165, 1.54) is 0 Å². The van der Waals surface area contributed by atoms with E-state index in [1.54, 1.807) is 17.9 Å². The molecule has 0 radical (unpaired) electrons. The molecule has 0 unspecified atom stereocenters. The average Bonchev–Trinajstić information content (AvgIpc) is 3.25. The Kier molecular flexibility index (Phi) is 7.97. The number of hydrogen-bond donors (Lipinski definition) is 1. The second kappa shape index (κ2) is 10.7. The molecule has 0 bridgehead atoms. The highest BCUT2D eigenvalue weighted by Gasteiger charge is 2.28. The lowest BCUT2D eigenvalue weighted by molar-refractivity contribution is -0.142. The van der Waals surface area contributed by atoms with Crippen LogP contribution in [-0.4, -0.2) is 35.4 Å². The first kappa shape index (κ1) is 23.1. The highest BCUT2D eigenvalue weighted by molar-refractivity contribution is 6.30. The van der Waals surface area contributed by atoms with E-state index in [0.29, 0.717) is 10.8 Å². The minimum Gasteiger partial charge on any atom is -0.483 e. The van der Waals surface area contributed by atoms with E-state index >= 15 is 0 Å². The van der Waals surface area contributed by atoms with Crippen LogP contribution in [0.15, 0.2) is 42.5 Å². The third-order valence-electron chi connectivity index (χ3n) is 6.02. The lowest BCUT2D eigenvalue weighted by Crippen LogP contribution is -2.50. The molecule has 1 fully saturated rings. The van der Waals surface area contributed by atoms with Gasteiger partial charge in [0.2, 0.25) is 5.91 Å². The first-order valence-corrected chi connectivity index (χ1v) is 11.3. The van der Waals surface area contributed by atoms with E-state index in [2.05, 4.69) is 5.32 Å². The van der Waals surface area contributed by atoms with Gasteiger partial charge in [0.25, 0.3) is 5.91 Å². The van der Waals surface area contributed by atoms with Gasteiger partial charge in [-0.15, -0.1) is 0 Å². The van der Waals surface area contributed by atoms with Crippen LogP contribution in [0.4, 0.5) is 0 Å². The van der Waals surface area contributed by atoms with Gasteiger partial charge in [-0.05, 0) is 68.5 Å². The SMILES string of the molecule is Cc1cccc(OCC(=O)N(Cc2cccc(Cl)c2)[C@H](C)C(=O)NC2CCCC2)c1C. The Morgan fingerprint density at radius 3 is 2.58 bits per heavy atom. The van der Waals surface area contributed by atoms with Crippen LogP contribution in [0.5, 0.6) is 5.75 Å². The Morgan fingerprint density at radius 2 is 1.87 bits per heavy atom. The van der Waals surface area contributed by atoms with Crippen molar-refractivity contribution in [3.63, 3.8) is 0 Å². The molecular weight excluding hydrogens is 412 g/mol. The molecule has 2 amide bonds. The van der Waals surface area contributed by atoms with Gasteiger partial charge < -0.3 is 15.0 Å². The van der Waals surface area contributed by atoms with E-state index in [-0.39, 0.29) is 31.0 Å². The van der Waals surface area contributed by atoms with Crippen LogP contribution in [-0.2, 0) is 16.1 Å². The predicted molar refractivity (Wildman–Crippen MR) is 123 cm³/mol. The summed E-state index contributed by atoms with van der Waals surface area (Å²) in [5.74, 6) is 0.308. The maximum atomic E-state index is 13.2. The zero-order chi connectivity index (χ0) is 22.4. The number of halogens is 1. The number of rotatable bonds is 8. The fourth-order valence-corrected chi connectivity index (χ4v) is 4.12. The molecule has 2 aromatic rings. The van der Waals surface area contributed by atoms with Gasteiger partial charge in [0.05, 0.1) is 0 Å². The summed E-state index contributed by atoms with van der Waals surface area (Å²) >= 11 is 6.13. The largest absolute Gasteiger partial charge is 0.483 e. The van der Waals surface area contributed by atoms with Gasteiger partial charge in [0.1, 0.15) is 11.8 Å². The summed E-state index contributed by atoms with van der Waals surface area (Å²) in [5.41, 5.74) is 2.97. The van der Waals surface area contributed by atoms with Crippen molar-refractivity contribution in [2.75, 3.05) is 6.61 Å². The number of amides is 2. The molecule has 1 aliphatic rings. The summed E-state index contributed by atoms with van der Waals surface area (Å²) < 4.78 is 5.84. The number of benzene rings is 2. The summed E-state index contributed by atoms with van der Waals surface area (Å²) in [6.07, 6.45) is 4.26. The molecule has 0 heterocycles. The van der Waals surface area contributed by atoms with Gasteiger partial charge in [-0.1, -0.05) is 48.7 Å². The van der Waals surface area contributed by atoms with Crippen molar-refractivity contribution in [2.45, 2.75) is 65.1 Å². The zero-order valence-electron chi connectivity index (χ0n) is 18.5. The number of aryl methyl sites for hydroxylation is 1. The van der Waals surface area contributed by atoms with E-state index in [1.807, 2.05) is 50.2 Å². The van der Waals surface area contributed by atoms with Crippen molar-refractivity contribution in [1.29, 1.82) is 0 Å². The number of carbonyl (C=O) groups excluding carboxylic acids is 2. The van der Waals surface area contributed by atoms with E-state index < -0.39 is 6.04 Å². The summed E-state index contributed by atoms with van der Waals surface area (Å²) in [5, 5.41) is 3.70. The summed E-state index contributed by atoms with van der Waals surface area (Å²) in [7, 11) is 0. The Labute approximate surface area is 189 Å². The average molecular weight is 443 g/mol. The number of nitrogens with one attached hydrogen (secondary N) is 1. The number of carbonyl (C=O) groups is 2. The summed E-state index contributed by atoms with van der Waals surface area (Å²) in [6.45, 7) is 5.90. The molecular formula is C25H31ClN2O3. The summed E-state index contributed by atoms with van der Waals surface area (Å²) in [4.78, 5) is 27.6. The van der Waals surface area contributed by atoms with Crippen molar-refractivity contribution in [2.24, 2.45) is 0 Å². The molecule has 5 nitrogen and oxygen atoms in total. The number of nitrogens with zero attached hydrogens (tertiary/aromatic N) is 1. The van der Waals surface area contributed by atoms with Crippen molar-refractivity contribution >= 4 is 23.4 Å². The topological polar surface area (TPSA) is 58.6 Å². The molecule has 166 valence electrons. The first-order valence-electron chi connectivity index (χ1n) is 10.9. The third kappa shape index (κ3) is 6.23. The molecule has 0 saturated heterocycles. The van der Waals surface area contributed by atoms with Gasteiger partial charge in [0.15, 0.2) is 6.61 Å². The molecule has 0 aromatic heterocycles. The quantitative estimate of drug-likeness (QED) is 0.638. The van der Waals surface area contributed by atoms with Gasteiger partial charge in [-0.3, -0.25) is 9.59 Å². The predicted octanol–water partition coefficient (Wildman–Crippen LogP) is 4.81. The normalized spacial score (nSPS) is 14.8. The zero-order valence-corrected chi connectivity index (χ0v) is 19.2. The fraction of sp³-hybridized carbons (Fsp3) is 0.440. The Morgan fingerprint density at radius 1 is 1.16 bits per heavy atom. The van der Waals surface area contributed by atoms with Crippen LogP contribution in [0.1, 0.15) is 49.3 Å². The summed E-state index contributed by atoms with van der Waals surface area (Å²) in [6, 6.07) is 12.7. The van der Waals surface area contributed by atoms with Crippen LogP contribution in [0.25, 0.3) is 0 Å². The highest BCUT2D eigenvalue weighted by atomic mass is 35.5. The van der Waals surface area contributed by atoms with Crippen LogP contribution in [0.2, 0.25) is 5.02 Å². The molecule has 6 heteroatoms. The second-order valence-corrected chi connectivity index (χ2v) is 8.74. The maximum Gasteiger partial charge on any atom is 0.261 e. The van der Waals surface area contributed by atoms with Gasteiger partial charge >= 0.3 is 0 Å². The molecule has 1 saturated carbocycles. The van der Waals surface area contributed by atoms with Crippen LogP contribution < -0.4 is 10.1 Å². The Hall–Kier alpha value is -2.53. The molecule has 1 N–H and O–H groups in total. The van der Waals surface area contributed by atoms with Crippen LogP contribution in [0, 0.1) is 13.8 Å². The molecule has 0 aliphatic heterocycles.